The van der Waals surface area contributed by atoms with Crippen molar-refractivity contribution in [1.82, 2.24) is 10.1 Å². The Kier molecular flexibility index (Phi) is 3.80. The minimum Gasteiger partial charge on any atom is -0.388 e. The number of aliphatic hydroxyl groups excluding tert-OH is 1. The van der Waals surface area contributed by atoms with E-state index >= 15 is 0 Å². The van der Waals surface area contributed by atoms with Crippen LogP contribution in [-0.2, 0) is 4.74 Å². The average molecular weight is 274 g/mol. The lowest BCUT2D eigenvalue weighted by Crippen LogP contribution is -2.08. The van der Waals surface area contributed by atoms with E-state index in [0.717, 1.165) is 18.6 Å². The van der Waals surface area contributed by atoms with E-state index in [1.807, 2.05) is 37.3 Å². The molecular weight excluding hydrogens is 256 g/mol. The molecule has 106 valence electrons. The topological polar surface area (TPSA) is 68.4 Å². The van der Waals surface area contributed by atoms with Gasteiger partial charge in [-0.3, -0.25) is 0 Å². The Hall–Kier alpha value is -1.72. The van der Waals surface area contributed by atoms with E-state index in [-0.39, 0.29) is 11.8 Å². The fourth-order valence-electron chi connectivity index (χ4n) is 2.41. The number of aromatic nitrogens is 2. The normalized spacial score (nSPS) is 21.8. The highest BCUT2D eigenvalue weighted by Crippen LogP contribution is 2.31. The van der Waals surface area contributed by atoms with Crippen LogP contribution < -0.4 is 0 Å². The highest BCUT2D eigenvalue weighted by molar-refractivity contribution is 5.20. The van der Waals surface area contributed by atoms with Crippen molar-refractivity contribution in [2.24, 2.45) is 0 Å². The van der Waals surface area contributed by atoms with E-state index in [9.17, 15) is 5.11 Å². The van der Waals surface area contributed by atoms with Crippen LogP contribution in [0.4, 0.5) is 0 Å². The highest BCUT2D eigenvalue weighted by atomic mass is 16.5. The van der Waals surface area contributed by atoms with Crippen LogP contribution in [0.3, 0.4) is 0 Å². The molecule has 0 spiro atoms. The van der Waals surface area contributed by atoms with Crippen LogP contribution in [-0.4, -0.2) is 28.5 Å². The van der Waals surface area contributed by atoms with Gasteiger partial charge in [-0.1, -0.05) is 42.4 Å². The van der Waals surface area contributed by atoms with Gasteiger partial charge in [0.25, 0.3) is 0 Å². The molecule has 5 nitrogen and oxygen atoms in total. The maximum atomic E-state index is 10.4. The van der Waals surface area contributed by atoms with Gasteiger partial charge in [-0.25, -0.2) is 0 Å². The van der Waals surface area contributed by atoms with Crippen molar-refractivity contribution in [1.29, 1.82) is 0 Å². The van der Waals surface area contributed by atoms with E-state index in [4.69, 9.17) is 9.26 Å². The monoisotopic (exact) mass is 274 g/mol. The molecule has 1 saturated heterocycles. The number of aliphatic hydroxyl groups is 1. The van der Waals surface area contributed by atoms with Crippen LogP contribution in [0.25, 0.3) is 0 Å². The molecule has 1 N–H and O–H groups in total. The Morgan fingerprint density at radius 2 is 2.10 bits per heavy atom. The Labute approximate surface area is 117 Å². The quantitative estimate of drug-likeness (QED) is 0.927. The number of nitrogens with zero attached hydrogens (tertiary/aromatic N) is 2. The number of rotatable bonds is 4. The third-order valence-corrected chi connectivity index (χ3v) is 3.76. The van der Waals surface area contributed by atoms with Crippen molar-refractivity contribution in [2.45, 2.75) is 31.3 Å². The summed E-state index contributed by atoms with van der Waals surface area (Å²) >= 11 is 0. The predicted molar refractivity (Wildman–Crippen MR) is 72.3 cm³/mol. The summed E-state index contributed by atoms with van der Waals surface area (Å²) in [5, 5.41) is 14.4. The minimum absolute atomic E-state index is 0.216. The van der Waals surface area contributed by atoms with E-state index in [1.165, 1.54) is 0 Å². The molecule has 1 aromatic heterocycles. The van der Waals surface area contributed by atoms with Crippen molar-refractivity contribution in [3.05, 3.63) is 47.6 Å². The van der Waals surface area contributed by atoms with Gasteiger partial charge in [0.2, 0.25) is 5.89 Å². The SMILES string of the molecule is CC(c1nc(C2CCOC2)no1)C(O)c1ccccc1. The van der Waals surface area contributed by atoms with Gasteiger partial charge in [-0.15, -0.1) is 0 Å². The second kappa shape index (κ2) is 5.73. The third kappa shape index (κ3) is 2.59. The molecule has 5 heteroatoms. The van der Waals surface area contributed by atoms with Gasteiger partial charge in [0.05, 0.1) is 18.6 Å². The summed E-state index contributed by atoms with van der Waals surface area (Å²) in [6.45, 7) is 3.28. The van der Waals surface area contributed by atoms with E-state index in [2.05, 4.69) is 10.1 Å². The van der Waals surface area contributed by atoms with Crippen molar-refractivity contribution >= 4 is 0 Å². The summed E-state index contributed by atoms with van der Waals surface area (Å²) in [6.07, 6.45) is 0.276. The Morgan fingerprint density at radius 3 is 2.80 bits per heavy atom. The van der Waals surface area contributed by atoms with Crippen LogP contribution in [0, 0.1) is 0 Å². The number of benzene rings is 1. The largest absolute Gasteiger partial charge is 0.388 e. The molecule has 2 aromatic rings. The summed E-state index contributed by atoms with van der Waals surface area (Å²) in [5.41, 5.74) is 0.851. The van der Waals surface area contributed by atoms with Gasteiger partial charge >= 0.3 is 0 Å². The minimum atomic E-state index is -0.649. The molecule has 3 rings (SSSR count). The average Bonchev–Trinajstić information content (AvgIpc) is 3.17. The van der Waals surface area contributed by atoms with Crippen molar-refractivity contribution in [2.75, 3.05) is 13.2 Å². The molecule has 3 atom stereocenters. The van der Waals surface area contributed by atoms with Crippen LogP contribution in [0.5, 0.6) is 0 Å². The summed E-state index contributed by atoms with van der Waals surface area (Å²) in [7, 11) is 0. The van der Waals surface area contributed by atoms with Crippen LogP contribution in [0.2, 0.25) is 0 Å². The summed E-state index contributed by atoms with van der Waals surface area (Å²) in [4.78, 5) is 4.42. The van der Waals surface area contributed by atoms with E-state index in [0.29, 0.717) is 18.3 Å². The lowest BCUT2D eigenvalue weighted by atomic mass is 9.97. The zero-order valence-electron chi connectivity index (χ0n) is 11.4. The Balaban J connectivity index is 1.75. The summed E-state index contributed by atoms with van der Waals surface area (Å²) in [6, 6.07) is 9.51. The van der Waals surface area contributed by atoms with Gasteiger partial charge < -0.3 is 14.4 Å². The molecule has 0 amide bonds. The highest BCUT2D eigenvalue weighted by Gasteiger charge is 2.27. The van der Waals surface area contributed by atoms with Crippen LogP contribution in [0.15, 0.2) is 34.9 Å². The molecule has 0 radical (unpaired) electrons. The second-order valence-electron chi connectivity index (χ2n) is 5.20. The van der Waals surface area contributed by atoms with E-state index in [1.54, 1.807) is 0 Å². The fraction of sp³-hybridized carbons (Fsp3) is 0.467. The molecular formula is C15H18N2O3. The first-order valence-electron chi connectivity index (χ1n) is 6.90. The number of hydrogen-bond donors (Lipinski definition) is 1. The lowest BCUT2D eigenvalue weighted by Gasteiger charge is -2.15. The van der Waals surface area contributed by atoms with Crippen molar-refractivity contribution in [3.63, 3.8) is 0 Å². The van der Waals surface area contributed by atoms with Gasteiger partial charge in [0.15, 0.2) is 5.82 Å². The number of hydrogen-bond acceptors (Lipinski definition) is 5. The molecule has 0 bridgehead atoms. The van der Waals surface area contributed by atoms with Gasteiger partial charge in [0, 0.05) is 12.5 Å². The standard InChI is InChI=1S/C15H18N2O3/c1-10(13(18)11-5-3-2-4-6-11)15-16-14(17-20-15)12-7-8-19-9-12/h2-6,10,12-13,18H,7-9H2,1H3. The molecule has 1 aliphatic heterocycles. The second-order valence-corrected chi connectivity index (χ2v) is 5.20. The lowest BCUT2D eigenvalue weighted by molar-refractivity contribution is 0.135. The van der Waals surface area contributed by atoms with Crippen molar-refractivity contribution in [3.8, 4) is 0 Å². The van der Waals surface area contributed by atoms with Gasteiger partial charge in [-0.05, 0) is 12.0 Å². The first-order valence-corrected chi connectivity index (χ1v) is 6.90. The number of ether oxygens (including phenoxy) is 1. The molecule has 0 aliphatic carbocycles. The Morgan fingerprint density at radius 1 is 1.30 bits per heavy atom. The molecule has 3 unspecified atom stereocenters. The summed E-state index contributed by atoms with van der Waals surface area (Å²) in [5.74, 6) is 1.14. The zero-order chi connectivity index (χ0) is 13.9. The van der Waals surface area contributed by atoms with Crippen molar-refractivity contribution < 1.29 is 14.4 Å². The summed E-state index contributed by atoms with van der Waals surface area (Å²) < 4.78 is 10.6. The maximum Gasteiger partial charge on any atom is 0.232 e. The first kappa shape index (κ1) is 13.3. The van der Waals surface area contributed by atoms with Gasteiger partial charge in [-0.2, -0.15) is 4.98 Å². The molecule has 0 saturated carbocycles. The smallest absolute Gasteiger partial charge is 0.232 e. The molecule has 1 aliphatic rings. The Bertz CT molecular complexity index is 549. The van der Waals surface area contributed by atoms with Crippen LogP contribution >= 0.6 is 0 Å². The predicted octanol–water partition coefficient (Wildman–Crippen LogP) is 2.41. The molecule has 1 aromatic carbocycles. The molecule has 1 fully saturated rings. The fourth-order valence-corrected chi connectivity index (χ4v) is 2.41. The maximum absolute atomic E-state index is 10.4. The van der Waals surface area contributed by atoms with Crippen LogP contribution in [0.1, 0.15) is 48.6 Å². The molecule has 20 heavy (non-hydrogen) atoms. The van der Waals surface area contributed by atoms with E-state index < -0.39 is 6.10 Å². The van der Waals surface area contributed by atoms with Gasteiger partial charge in [0.1, 0.15) is 0 Å². The first-order chi connectivity index (χ1) is 9.75. The zero-order valence-corrected chi connectivity index (χ0v) is 11.4. The third-order valence-electron chi connectivity index (χ3n) is 3.76. The molecule has 2 heterocycles.